The molecule has 2 aromatic heterocycles. The summed E-state index contributed by atoms with van der Waals surface area (Å²) in [6, 6.07) is 6.40. The highest BCUT2D eigenvalue weighted by molar-refractivity contribution is 7.16. The monoisotopic (exact) mass is 325 g/mol. The van der Waals surface area contributed by atoms with Gasteiger partial charge in [-0.25, -0.2) is 9.50 Å². The number of fused-ring (bicyclic) bond motifs is 1. The maximum absolute atomic E-state index is 10.8. The molecule has 0 aliphatic heterocycles. The number of rotatable bonds is 4. The number of aromatic nitrogens is 3. The molecular weight excluding hydrogens is 314 g/mol. The Morgan fingerprint density at radius 1 is 1.43 bits per heavy atom. The first-order valence-corrected chi connectivity index (χ1v) is 6.79. The smallest absolute Gasteiger partial charge is 0.270 e. The fourth-order valence-electron chi connectivity index (χ4n) is 1.88. The summed E-state index contributed by atoms with van der Waals surface area (Å²) < 4.78 is 1.68. The lowest BCUT2D eigenvalue weighted by Crippen LogP contribution is -2.02. The third-order valence-electron chi connectivity index (χ3n) is 2.80. The number of nitro groups is 1. The van der Waals surface area contributed by atoms with Gasteiger partial charge in [0.05, 0.1) is 16.8 Å². The van der Waals surface area contributed by atoms with Gasteiger partial charge in [0.1, 0.15) is 5.01 Å². The van der Waals surface area contributed by atoms with Crippen LogP contribution in [0.25, 0.3) is 16.2 Å². The van der Waals surface area contributed by atoms with E-state index in [1.54, 1.807) is 22.8 Å². The summed E-state index contributed by atoms with van der Waals surface area (Å²) in [4.78, 5) is 15.6. The van der Waals surface area contributed by atoms with Crippen LogP contribution in [0.1, 0.15) is 5.01 Å². The quantitative estimate of drug-likeness (QED) is 0.586. The zero-order chi connectivity index (χ0) is 14.1. The maximum atomic E-state index is 10.8. The molecule has 0 fully saturated rings. The van der Waals surface area contributed by atoms with E-state index in [4.69, 9.17) is 5.73 Å². The van der Waals surface area contributed by atoms with Gasteiger partial charge in [0.15, 0.2) is 0 Å². The molecule has 0 radical (unpaired) electrons. The predicted octanol–water partition coefficient (Wildman–Crippen LogP) is 2.29. The van der Waals surface area contributed by atoms with Crippen molar-refractivity contribution >= 4 is 34.4 Å². The number of nitro benzene ring substituents is 1. The number of imidazole rings is 1. The second-order valence-corrected chi connectivity index (χ2v) is 5.24. The van der Waals surface area contributed by atoms with Crippen molar-refractivity contribution in [3.8, 4) is 11.3 Å². The van der Waals surface area contributed by atoms with E-state index in [-0.39, 0.29) is 18.1 Å². The van der Waals surface area contributed by atoms with Crippen LogP contribution in [0.3, 0.4) is 0 Å². The molecule has 0 amide bonds. The van der Waals surface area contributed by atoms with Crippen molar-refractivity contribution in [2.75, 3.05) is 6.54 Å². The standard InChI is InChI=1S/C12H11N5O2S.ClH/c13-5-4-11-15-16-7-10(14-12(16)20-11)8-2-1-3-9(6-8)17(18)19;/h1-3,6-7H,4-5,13H2;1H. The van der Waals surface area contributed by atoms with Crippen molar-refractivity contribution in [2.24, 2.45) is 5.73 Å². The van der Waals surface area contributed by atoms with Gasteiger partial charge in [-0.05, 0) is 6.54 Å². The van der Waals surface area contributed by atoms with Gasteiger partial charge in [-0.2, -0.15) is 5.10 Å². The van der Waals surface area contributed by atoms with Gasteiger partial charge in [0, 0.05) is 24.1 Å². The van der Waals surface area contributed by atoms with Crippen molar-refractivity contribution in [1.29, 1.82) is 0 Å². The van der Waals surface area contributed by atoms with Gasteiger partial charge in [-0.3, -0.25) is 10.1 Å². The number of nitrogens with two attached hydrogens (primary N) is 1. The minimum absolute atomic E-state index is 0. The van der Waals surface area contributed by atoms with E-state index in [1.165, 1.54) is 23.5 Å². The van der Waals surface area contributed by atoms with E-state index in [1.807, 2.05) is 0 Å². The highest BCUT2D eigenvalue weighted by Crippen LogP contribution is 2.25. The lowest BCUT2D eigenvalue weighted by molar-refractivity contribution is -0.384. The first-order valence-electron chi connectivity index (χ1n) is 5.97. The molecule has 0 saturated carbocycles. The molecule has 1 aromatic carbocycles. The van der Waals surface area contributed by atoms with Crippen LogP contribution in [0.5, 0.6) is 0 Å². The van der Waals surface area contributed by atoms with Crippen LogP contribution in [0.4, 0.5) is 5.69 Å². The summed E-state index contributed by atoms with van der Waals surface area (Å²) in [7, 11) is 0. The molecule has 3 rings (SSSR count). The summed E-state index contributed by atoms with van der Waals surface area (Å²) in [5, 5.41) is 16.1. The van der Waals surface area contributed by atoms with Gasteiger partial charge in [-0.1, -0.05) is 23.5 Å². The van der Waals surface area contributed by atoms with Gasteiger partial charge in [0.25, 0.3) is 5.69 Å². The second-order valence-electron chi connectivity index (χ2n) is 4.20. The molecule has 0 aliphatic carbocycles. The highest BCUT2D eigenvalue weighted by Gasteiger charge is 2.12. The van der Waals surface area contributed by atoms with Crippen molar-refractivity contribution in [3.63, 3.8) is 0 Å². The molecule has 0 aliphatic rings. The van der Waals surface area contributed by atoms with Gasteiger partial charge >= 0.3 is 0 Å². The van der Waals surface area contributed by atoms with Crippen LogP contribution in [-0.2, 0) is 6.42 Å². The minimum atomic E-state index is -0.417. The lowest BCUT2D eigenvalue weighted by atomic mass is 10.1. The molecule has 0 unspecified atom stereocenters. The van der Waals surface area contributed by atoms with Crippen molar-refractivity contribution in [3.05, 3.63) is 45.6 Å². The maximum Gasteiger partial charge on any atom is 0.270 e. The van der Waals surface area contributed by atoms with E-state index >= 15 is 0 Å². The Kier molecular flexibility index (Phi) is 4.51. The second kappa shape index (κ2) is 6.17. The number of hydrogen-bond donors (Lipinski definition) is 1. The summed E-state index contributed by atoms with van der Waals surface area (Å²) in [5.74, 6) is 0. The zero-order valence-electron chi connectivity index (χ0n) is 10.8. The van der Waals surface area contributed by atoms with E-state index in [9.17, 15) is 10.1 Å². The number of nitrogens with zero attached hydrogens (tertiary/aromatic N) is 4. The summed E-state index contributed by atoms with van der Waals surface area (Å²) >= 11 is 1.47. The zero-order valence-corrected chi connectivity index (χ0v) is 12.4. The Bertz CT molecular complexity index is 753. The highest BCUT2D eigenvalue weighted by atomic mass is 35.5. The normalized spacial score (nSPS) is 10.5. The molecule has 2 heterocycles. The Labute approximate surface area is 130 Å². The summed E-state index contributed by atoms with van der Waals surface area (Å²) in [5.41, 5.74) is 6.92. The molecule has 0 atom stereocenters. The Morgan fingerprint density at radius 3 is 2.90 bits per heavy atom. The Balaban J connectivity index is 0.00000161. The van der Waals surface area contributed by atoms with Crippen LogP contribution in [0.15, 0.2) is 30.5 Å². The lowest BCUT2D eigenvalue weighted by Gasteiger charge is -1.96. The largest absolute Gasteiger partial charge is 0.330 e. The molecule has 110 valence electrons. The van der Waals surface area contributed by atoms with E-state index in [0.29, 0.717) is 17.8 Å². The van der Waals surface area contributed by atoms with Gasteiger partial charge in [-0.15, -0.1) is 12.4 Å². The number of benzene rings is 1. The minimum Gasteiger partial charge on any atom is -0.330 e. The van der Waals surface area contributed by atoms with E-state index in [0.717, 1.165) is 16.4 Å². The van der Waals surface area contributed by atoms with Crippen molar-refractivity contribution in [2.45, 2.75) is 6.42 Å². The fourth-order valence-corrected chi connectivity index (χ4v) is 2.77. The molecule has 21 heavy (non-hydrogen) atoms. The topological polar surface area (TPSA) is 99.3 Å². The van der Waals surface area contributed by atoms with E-state index < -0.39 is 4.92 Å². The molecule has 0 saturated heterocycles. The molecule has 9 heteroatoms. The average molecular weight is 326 g/mol. The fraction of sp³-hybridized carbons (Fsp3) is 0.167. The third kappa shape index (κ3) is 3.02. The number of non-ortho nitro benzene ring substituents is 1. The third-order valence-corrected chi connectivity index (χ3v) is 3.78. The molecule has 3 aromatic rings. The molecule has 2 N–H and O–H groups in total. The van der Waals surface area contributed by atoms with Crippen LogP contribution >= 0.6 is 23.7 Å². The van der Waals surface area contributed by atoms with Gasteiger partial charge < -0.3 is 5.73 Å². The van der Waals surface area contributed by atoms with Gasteiger partial charge in [0.2, 0.25) is 4.96 Å². The molecule has 0 bridgehead atoms. The van der Waals surface area contributed by atoms with Crippen LogP contribution < -0.4 is 5.73 Å². The Morgan fingerprint density at radius 2 is 2.24 bits per heavy atom. The van der Waals surface area contributed by atoms with Crippen molar-refractivity contribution in [1.82, 2.24) is 14.6 Å². The SMILES string of the molecule is Cl.NCCc1nn2cc(-c3cccc([N+](=O)[O-])c3)nc2s1. The number of hydrogen-bond acceptors (Lipinski definition) is 6. The molecule has 7 nitrogen and oxygen atoms in total. The van der Waals surface area contributed by atoms with Crippen LogP contribution in [0, 0.1) is 10.1 Å². The Hall–Kier alpha value is -2.03. The van der Waals surface area contributed by atoms with Crippen molar-refractivity contribution < 1.29 is 4.92 Å². The number of halogens is 1. The molecular formula is C12H12ClN5O2S. The average Bonchev–Trinajstić information content (AvgIpc) is 2.97. The first kappa shape index (κ1) is 15.4. The first-order chi connectivity index (χ1) is 9.67. The summed E-state index contributed by atoms with van der Waals surface area (Å²) in [6.07, 6.45) is 2.49. The van der Waals surface area contributed by atoms with Crippen LogP contribution in [-0.4, -0.2) is 26.1 Å². The predicted molar refractivity (Wildman–Crippen MR) is 83.0 cm³/mol. The van der Waals surface area contributed by atoms with E-state index in [2.05, 4.69) is 10.1 Å². The molecule has 0 spiro atoms. The van der Waals surface area contributed by atoms with Crippen LogP contribution in [0.2, 0.25) is 0 Å². The summed E-state index contributed by atoms with van der Waals surface area (Å²) in [6.45, 7) is 0.550.